The lowest BCUT2D eigenvalue weighted by Crippen LogP contribution is -2.17. The Morgan fingerprint density at radius 3 is 2.44 bits per heavy atom. The highest BCUT2D eigenvalue weighted by Crippen LogP contribution is 2.29. The number of nitrogens with zero attached hydrogens (tertiary/aromatic N) is 2. The lowest BCUT2D eigenvalue weighted by Gasteiger charge is -2.13. The second-order valence-electron chi connectivity index (χ2n) is 6.29. The molecule has 0 radical (unpaired) electrons. The molecule has 0 aliphatic carbocycles. The van der Waals surface area contributed by atoms with Crippen molar-refractivity contribution in [3.05, 3.63) is 91.5 Å². The number of hydrazone groups is 1. The summed E-state index contributed by atoms with van der Waals surface area (Å²) in [5.74, 6) is -1.33. The van der Waals surface area contributed by atoms with Gasteiger partial charge in [-0.2, -0.15) is 5.10 Å². The number of carboxylic acids is 1. The maximum absolute atomic E-state index is 13.0. The van der Waals surface area contributed by atoms with E-state index in [1.54, 1.807) is 0 Å². The SMILES string of the molecule is O=C(O)c1ccccc1NS(=O)(=O)c1cc([N+](=O)[O-])ccc1N/N=C/c1ccccc1I. The summed E-state index contributed by atoms with van der Waals surface area (Å²) in [4.78, 5) is 21.4. The molecule has 0 heterocycles. The van der Waals surface area contributed by atoms with E-state index in [2.05, 4.69) is 37.8 Å². The van der Waals surface area contributed by atoms with Crippen LogP contribution in [0.1, 0.15) is 15.9 Å². The lowest BCUT2D eigenvalue weighted by atomic mass is 10.2. The third-order valence-corrected chi connectivity index (χ3v) is 6.55. The van der Waals surface area contributed by atoms with Crippen molar-refractivity contribution in [2.75, 3.05) is 10.1 Å². The third kappa shape index (κ3) is 5.39. The lowest BCUT2D eigenvalue weighted by molar-refractivity contribution is -0.385. The van der Waals surface area contributed by atoms with Crippen molar-refractivity contribution >= 4 is 61.9 Å². The molecule has 0 unspecified atom stereocenters. The van der Waals surface area contributed by atoms with E-state index in [1.807, 2.05) is 24.3 Å². The smallest absolute Gasteiger partial charge is 0.337 e. The first-order valence-electron chi connectivity index (χ1n) is 8.86. The van der Waals surface area contributed by atoms with Crippen molar-refractivity contribution in [2.24, 2.45) is 5.10 Å². The minimum atomic E-state index is -4.41. The van der Waals surface area contributed by atoms with Crippen LogP contribution < -0.4 is 10.1 Å². The van der Waals surface area contributed by atoms with E-state index in [9.17, 15) is 28.4 Å². The molecule has 0 amide bonds. The van der Waals surface area contributed by atoms with Gasteiger partial charge >= 0.3 is 5.97 Å². The standard InChI is InChI=1S/C20H15IN4O6S/c21-16-7-3-1-5-13(16)12-22-23-18-10-9-14(25(28)29)11-19(18)32(30,31)24-17-8-4-2-6-15(17)20(26)27/h1-12,23-24H,(H,26,27)/b22-12+. The summed E-state index contributed by atoms with van der Waals surface area (Å²) in [5.41, 5.74) is 2.44. The number of nitrogens with one attached hydrogen (secondary N) is 2. The van der Waals surface area contributed by atoms with E-state index in [0.717, 1.165) is 21.3 Å². The average Bonchev–Trinajstić information content (AvgIpc) is 2.75. The zero-order chi connectivity index (χ0) is 23.3. The molecule has 3 rings (SSSR count). The van der Waals surface area contributed by atoms with Crippen molar-refractivity contribution in [3.8, 4) is 0 Å². The fraction of sp³-hybridized carbons (Fsp3) is 0. The van der Waals surface area contributed by atoms with Crippen LogP contribution >= 0.6 is 22.6 Å². The van der Waals surface area contributed by atoms with E-state index in [0.29, 0.717) is 0 Å². The Bertz CT molecular complexity index is 1330. The van der Waals surface area contributed by atoms with Gasteiger partial charge in [0, 0.05) is 21.3 Å². The quantitative estimate of drug-likeness (QED) is 0.160. The maximum atomic E-state index is 13.0. The number of carboxylic acid groups (broad SMARTS) is 1. The van der Waals surface area contributed by atoms with Crippen LogP contribution in [0.3, 0.4) is 0 Å². The first-order chi connectivity index (χ1) is 15.2. The van der Waals surface area contributed by atoms with Crippen LogP contribution in [0.25, 0.3) is 0 Å². The number of hydrogen-bond donors (Lipinski definition) is 3. The Morgan fingerprint density at radius 1 is 1.06 bits per heavy atom. The van der Waals surface area contributed by atoms with Gasteiger partial charge in [0.25, 0.3) is 15.7 Å². The molecule has 0 aliphatic rings. The van der Waals surface area contributed by atoms with Gasteiger partial charge in [-0.05, 0) is 46.9 Å². The molecule has 3 aromatic rings. The van der Waals surface area contributed by atoms with Crippen molar-refractivity contribution in [1.82, 2.24) is 0 Å². The van der Waals surface area contributed by atoms with Crippen LogP contribution in [0.4, 0.5) is 17.1 Å². The third-order valence-electron chi connectivity index (χ3n) is 4.16. The number of carbonyl (C=O) groups is 1. The normalized spacial score (nSPS) is 11.3. The first kappa shape index (κ1) is 23.1. The molecule has 10 nitrogen and oxygen atoms in total. The largest absolute Gasteiger partial charge is 0.478 e. The van der Waals surface area contributed by atoms with Crippen LogP contribution in [0.2, 0.25) is 0 Å². The Hall–Kier alpha value is -3.52. The predicted octanol–water partition coefficient (Wildman–Crippen LogP) is 4.14. The van der Waals surface area contributed by atoms with Crippen molar-refractivity contribution in [2.45, 2.75) is 4.90 Å². The summed E-state index contributed by atoms with van der Waals surface area (Å²) < 4.78 is 29.2. The number of para-hydroxylation sites is 1. The van der Waals surface area contributed by atoms with E-state index in [4.69, 9.17) is 0 Å². The molecule has 3 N–H and O–H groups in total. The Balaban J connectivity index is 2.00. The van der Waals surface area contributed by atoms with Crippen molar-refractivity contribution < 1.29 is 23.2 Å². The second-order valence-corrected chi connectivity index (χ2v) is 9.10. The van der Waals surface area contributed by atoms with Crippen LogP contribution in [-0.4, -0.2) is 30.6 Å². The number of hydrogen-bond acceptors (Lipinski definition) is 7. The minimum absolute atomic E-state index is 0.0295. The molecule has 32 heavy (non-hydrogen) atoms. The molecule has 164 valence electrons. The maximum Gasteiger partial charge on any atom is 0.337 e. The van der Waals surface area contributed by atoms with E-state index in [1.165, 1.54) is 36.5 Å². The number of aromatic carboxylic acids is 1. The van der Waals surface area contributed by atoms with Crippen molar-refractivity contribution in [1.29, 1.82) is 0 Å². The number of rotatable bonds is 8. The summed E-state index contributed by atoms with van der Waals surface area (Å²) >= 11 is 2.12. The molecule has 0 spiro atoms. The number of halogens is 1. The summed E-state index contributed by atoms with van der Waals surface area (Å²) in [5, 5.41) is 24.5. The van der Waals surface area contributed by atoms with Crippen LogP contribution in [0, 0.1) is 13.7 Å². The number of nitro groups is 1. The second kappa shape index (κ2) is 9.74. The number of nitro benzene ring substituents is 1. The number of benzene rings is 3. The average molecular weight is 566 g/mol. The van der Waals surface area contributed by atoms with Gasteiger partial charge in [0.15, 0.2) is 0 Å². The first-order valence-corrected chi connectivity index (χ1v) is 11.4. The fourth-order valence-corrected chi connectivity index (χ4v) is 4.43. The van der Waals surface area contributed by atoms with E-state index < -0.39 is 31.5 Å². The van der Waals surface area contributed by atoms with E-state index >= 15 is 0 Å². The number of non-ortho nitro benzene ring substituents is 1. The Kier molecular flexibility index (Phi) is 7.05. The van der Waals surface area contributed by atoms with E-state index in [-0.39, 0.29) is 16.9 Å². The zero-order valence-electron chi connectivity index (χ0n) is 16.1. The molecule has 0 aliphatic heterocycles. The molecular formula is C20H15IN4O6S. The topological polar surface area (TPSA) is 151 Å². The molecule has 0 bridgehead atoms. The highest BCUT2D eigenvalue weighted by molar-refractivity contribution is 14.1. The van der Waals surface area contributed by atoms with Gasteiger partial charge in [0.2, 0.25) is 0 Å². The molecule has 0 saturated heterocycles. The van der Waals surface area contributed by atoms with Crippen LogP contribution in [-0.2, 0) is 10.0 Å². The zero-order valence-corrected chi connectivity index (χ0v) is 19.1. The molecular weight excluding hydrogens is 551 g/mol. The molecule has 0 fully saturated rings. The minimum Gasteiger partial charge on any atom is -0.478 e. The van der Waals surface area contributed by atoms with Crippen LogP contribution in [0.5, 0.6) is 0 Å². The summed E-state index contributed by atoms with van der Waals surface area (Å²) in [7, 11) is -4.41. The van der Waals surface area contributed by atoms with Gasteiger partial charge in [-0.3, -0.25) is 20.3 Å². The van der Waals surface area contributed by atoms with Gasteiger partial charge in [-0.15, -0.1) is 0 Å². The molecule has 0 aromatic heterocycles. The molecule has 12 heteroatoms. The number of sulfonamides is 1. The fourth-order valence-electron chi connectivity index (χ4n) is 2.65. The summed E-state index contributed by atoms with van der Waals surface area (Å²) in [6.45, 7) is 0. The van der Waals surface area contributed by atoms with Gasteiger partial charge < -0.3 is 5.11 Å². The Labute approximate surface area is 196 Å². The van der Waals surface area contributed by atoms with Gasteiger partial charge in [0.1, 0.15) is 4.90 Å². The Morgan fingerprint density at radius 2 is 1.75 bits per heavy atom. The van der Waals surface area contributed by atoms with Crippen LogP contribution in [0.15, 0.2) is 76.7 Å². The molecule has 0 atom stereocenters. The summed E-state index contributed by atoms with van der Waals surface area (Å²) in [6.07, 6.45) is 1.48. The van der Waals surface area contributed by atoms with Gasteiger partial charge in [0.05, 0.1) is 28.1 Å². The highest BCUT2D eigenvalue weighted by atomic mass is 127. The molecule has 0 saturated carbocycles. The predicted molar refractivity (Wildman–Crippen MR) is 128 cm³/mol. The number of anilines is 2. The van der Waals surface area contributed by atoms with Gasteiger partial charge in [-0.1, -0.05) is 30.3 Å². The highest BCUT2D eigenvalue weighted by Gasteiger charge is 2.24. The molecule has 3 aromatic carbocycles. The van der Waals surface area contributed by atoms with Crippen molar-refractivity contribution in [3.63, 3.8) is 0 Å². The monoisotopic (exact) mass is 566 g/mol. The summed E-state index contributed by atoms with van der Waals surface area (Å²) in [6, 6.07) is 16.0. The van der Waals surface area contributed by atoms with Gasteiger partial charge in [-0.25, -0.2) is 13.2 Å².